The van der Waals surface area contributed by atoms with Crippen LogP contribution in [0.25, 0.3) is 10.4 Å². The van der Waals surface area contributed by atoms with E-state index in [0.29, 0.717) is 17.8 Å². The molecule has 0 aliphatic heterocycles. The molecule has 0 amide bonds. The molecular formula is C9H14N6O2S. The maximum atomic E-state index is 12.2. The van der Waals surface area contributed by atoms with Gasteiger partial charge in [0.05, 0.1) is 11.4 Å². The molecule has 98 valence electrons. The second-order valence-corrected chi connectivity index (χ2v) is 6.25. The van der Waals surface area contributed by atoms with Crippen LogP contribution in [0.1, 0.15) is 24.2 Å². The van der Waals surface area contributed by atoms with Crippen LogP contribution in [0.2, 0.25) is 0 Å². The van der Waals surface area contributed by atoms with Crippen LogP contribution >= 0.6 is 0 Å². The van der Waals surface area contributed by atoms with Gasteiger partial charge in [0.1, 0.15) is 0 Å². The van der Waals surface area contributed by atoms with Crippen molar-refractivity contribution in [3.05, 3.63) is 21.8 Å². The molecule has 1 aliphatic carbocycles. The standard InChI is InChI=1S/C9H14N6O2S/c1-14(2)18(16,17)15-8-6-4-3-5-7(8)11-9(15)12-13-10/h3-6H2,1-2H3. The second-order valence-electron chi connectivity index (χ2n) is 4.26. The van der Waals surface area contributed by atoms with Crippen molar-refractivity contribution in [1.82, 2.24) is 13.3 Å². The molecule has 0 saturated heterocycles. The lowest BCUT2D eigenvalue weighted by Crippen LogP contribution is -2.30. The van der Waals surface area contributed by atoms with Gasteiger partial charge in [-0.25, -0.2) is 8.96 Å². The number of azide groups is 1. The lowest BCUT2D eigenvalue weighted by atomic mass is 10.0. The molecule has 0 saturated carbocycles. The van der Waals surface area contributed by atoms with Crippen LogP contribution in [0.15, 0.2) is 5.11 Å². The molecule has 0 atom stereocenters. The SMILES string of the molecule is CN(C)S(=O)(=O)n1c(N=[N+]=[N-])nc2c1CCCC2. The van der Waals surface area contributed by atoms with Gasteiger partial charge >= 0.3 is 10.2 Å². The average Bonchev–Trinajstić information content (AvgIpc) is 2.67. The largest absolute Gasteiger partial charge is 0.308 e. The fraction of sp³-hybridized carbons (Fsp3) is 0.667. The Morgan fingerprint density at radius 1 is 1.39 bits per heavy atom. The van der Waals surface area contributed by atoms with E-state index in [9.17, 15) is 8.42 Å². The number of fused-ring (bicyclic) bond motifs is 1. The predicted octanol–water partition coefficient (Wildman–Crippen LogP) is 1.36. The third-order valence-corrected chi connectivity index (χ3v) is 4.67. The molecule has 0 fully saturated rings. The first-order valence-corrected chi connectivity index (χ1v) is 6.97. The highest BCUT2D eigenvalue weighted by molar-refractivity contribution is 7.87. The van der Waals surface area contributed by atoms with E-state index in [1.165, 1.54) is 14.1 Å². The first kappa shape index (κ1) is 12.9. The maximum Gasteiger partial charge on any atom is 0.308 e. The number of aromatic nitrogens is 2. The van der Waals surface area contributed by atoms with Crippen LogP contribution < -0.4 is 0 Å². The Hall–Kier alpha value is -1.57. The Bertz CT molecular complexity index is 611. The van der Waals surface area contributed by atoms with Gasteiger partial charge in [0, 0.05) is 19.0 Å². The Kier molecular flexibility index (Phi) is 3.29. The van der Waals surface area contributed by atoms with Gasteiger partial charge < -0.3 is 0 Å². The second kappa shape index (κ2) is 4.60. The van der Waals surface area contributed by atoms with Crippen molar-refractivity contribution in [3.63, 3.8) is 0 Å². The lowest BCUT2D eigenvalue weighted by Gasteiger charge is -2.18. The van der Waals surface area contributed by atoms with Crippen LogP contribution in [0.4, 0.5) is 5.95 Å². The lowest BCUT2D eigenvalue weighted by molar-refractivity contribution is 0.507. The van der Waals surface area contributed by atoms with E-state index in [4.69, 9.17) is 5.53 Å². The summed E-state index contributed by atoms with van der Waals surface area (Å²) in [6.07, 6.45) is 3.24. The van der Waals surface area contributed by atoms with Gasteiger partial charge in [-0.15, -0.1) is 0 Å². The van der Waals surface area contributed by atoms with E-state index in [0.717, 1.165) is 27.5 Å². The van der Waals surface area contributed by atoms with Gasteiger partial charge in [-0.3, -0.25) is 0 Å². The summed E-state index contributed by atoms with van der Waals surface area (Å²) in [7, 11) is -0.835. The highest BCUT2D eigenvalue weighted by atomic mass is 32.2. The number of nitrogens with zero attached hydrogens (tertiary/aromatic N) is 6. The van der Waals surface area contributed by atoms with Gasteiger partial charge in [-0.2, -0.15) is 12.7 Å². The zero-order valence-electron chi connectivity index (χ0n) is 10.2. The molecule has 0 bridgehead atoms. The minimum Gasteiger partial charge on any atom is -0.231 e. The molecule has 0 N–H and O–H groups in total. The minimum atomic E-state index is -3.71. The highest BCUT2D eigenvalue weighted by Gasteiger charge is 2.28. The smallest absolute Gasteiger partial charge is 0.231 e. The third-order valence-electron chi connectivity index (χ3n) is 2.90. The number of hydrogen-bond donors (Lipinski definition) is 0. The molecule has 1 aromatic heterocycles. The summed E-state index contributed by atoms with van der Waals surface area (Å²) in [4.78, 5) is 6.77. The molecule has 0 radical (unpaired) electrons. The Balaban J connectivity index is 2.71. The summed E-state index contributed by atoms with van der Waals surface area (Å²) in [5, 5.41) is 3.39. The van der Waals surface area contributed by atoms with Crippen molar-refractivity contribution >= 4 is 16.2 Å². The normalized spacial score (nSPS) is 15.3. The van der Waals surface area contributed by atoms with Crippen molar-refractivity contribution in [3.8, 4) is 0 Å². The summed E-state index contributed by atoms with van der Waals surface area (Å²) in [5.41, 5.74) is 9.86. The van der Waals surface area contributed by atoms with Gasteiger partial charge in [0.2, 0.25) is 5.95 Å². The van der Waals surface area contributed by atoms with Gasteiger partial charge in [-0.1, -0.05) is 0 Å². The van der Waals surface area contributed by atoms with Crippen LogP contribution in [0.5, 0.6) is 0 Å². The predicted molar refractivity (Wildman–Crippen MR) is 65.7 cm³/mol. The number of hydrogen-bond acceptors (Lipinski definition) is 4. The highest BCUT2D eigenvalue weighted by Crippen LogP contribution is 2.28. The van der Waals surface area contributed by atoms with E-state index in [2.05, 4.69) is 15.0 Å². The molecule has 0 spiro atoms. The molecule has 0 aromatic carbocycles. The Morgan fingerprint density at radius 2 is 2.06 bits per heavy atom. The van der Waals surface area contributed by atoms with Gasteiger partial charge in [-0.05, 0) is 36.3 Å². The molecule has 0 unspecified atom stereocenters. The van der Waals surface area contributed by atoms with Crippen LogP contribution in [0, 0.1) is 0 Å². The topological polar surface area (TPSA) is 104 Å². The molecule has 18 heavy (non-hydrogen) atoms. The van der Waals surface area contributed by atoms with E-state index >= 15 is 0 Å². The summed E-state index contributed by atoms with van der Waals surface area (Å²) < 4.78 is 26.6. The molecule has 1 heterocycles. The van der Waals surface area contributed by atoms with E-state index in [1.807, 2.05) is 0 Å². The number of imidazole rings is 1. The molecule has 8 nitrogen and oxygen atoms in total. The van der Waals surface area contributed by atoms with Crippen molar-refractivity contribution < 1.29 is 8.42 Å². The number of aryl methyl sites for hydroxylation is 1. The number of rotatable bonds is 3. The summed E-state index contributed by atoms with van der Waals surface area (Å²) >= 11 is 0. The molecule has 1 aromatic rings. The maximum absolute atomic E-state index is 12.2. The van der Waals surface area contributed by atoms with Crippen LogP contribution in [-0.2, 0) is 23.1 Å². The molecule has 1 aliphatic rings. The molecular weight excluding hydrogens is 256 g/mol. The first-order valence-electron chi connectivity index (χ1n) is 5.57. The van der Waals surface area contributed by atoms with Crippen molar-refractivity contribution in [2.75, 3.05) is 14.1 Å². The Morgan fingerprint density at radius 3 is 2.67 bits per heavy atom. The zero-order chi connectivity index (χ0) is 13.3. The fourth-order valence-electron chi connectivity index (χ4n) is 2.01. The van der Waals surface area contributed by atoms with Gasteiger partial charge in [0.15, 0.2) is 0 Å². The summed E-state index contributed by atoms with van der Waals surface area (Å²) in [6.45, 7) is 0. The molecule has 2 rings (SSSR count). The van der Waals surface area contributed by atoms with Crippen molar-refractivity contribution in [2.45, 2.75) is 25.7 Å². The van der Waals surface area contributed by atoms with E-state index < -0.39 is 10.2 Å². The zero-order valence-corrected chi connectivity index (χ0v) is 11.1. The van der Waals surface area contributed by atoms with Gasteiger partial charge in [0.25, 0.3) is 0 Å². The Labute approximate surface area is 105 Å². The summed E-state index contributed by atoms with van der Waals surface area (Å²) in [6, 6.07) is 0. The first-order chi connectivity index (χ1) is 8.48. The third kappa shape index (κ3) is 1.96. The van der Waals surface area contributed by atoms with Crippen LogP contribution in [-0.4, -0.2) is 35.8 Å². The minimum absolute atomic E-state index is 0.0990. The summed E-state index contributed by atoms with van der Waals surface area (Å²) in [5.74, 6) is -0.0990. The van der Waals surface area contributed by atoms with E-state index in [-0.39, 0.29) is 5.95 Å². The van der Waals surface area contributed by atoms with Crippen LogP contribution in [0.3, 0.4) is 0 Å². The van der Waals surface area contributed by atoms with Crippen molar-refractivity contribution in [1.29, 1.82) is 0 Å². The fourth-order valence-corrected chi connectivity index (χ4v) is 3.09. The van der Waals surface area contributed by atoms with E-state index in [1.54, 1.807) is 0 Å². The quantitative estimate of drug-likeness (QED) is 0.470. The monoisotopic (exact) mass is 270 g/mol. The molecule has 9 heteroatoms. The average molecular weight is 270 g/mol. The van der Waals surface area contributed by atoms with Crippen molar-refractivity contribution in [2.24, 2.45) is 5.11 Å².